The maximum absolute atomic E-state index is 9.97. The quantitative estimate of drug-likeness (QED) is 0.181. The highest BCUT2D eigenvalue weighted by Gasteiger charge is 2.08. The summed E-state index contributed by atoms with van der Waals surface area (Å²) < 4.78 is 0.431. The molecule has 0 spiro atoms. The number of anilines is 5. The predicted octanol–water partition coefficient (Wildman–Crippen LogP) is 4.98. The van der Waals surface area contributed by atoms with Gasteiger partial charge in [-0.3, -0.25) is 0 Å². The number of aromatic nitrogens is 3. The highest BCUT2D eigenvalue weighted by Crippen LogP contribution is 2.30. The molecule has 0 bridgehead atoms. The number of hydrogen-bond acceptors (Lipinski definition) is 9. The van der Waals surface area contributed by atoms with Gasteiger partial charge in [0, 0.05) is 23.0 Å². The van der Waals surface area contributed by atoms with Crippen molar-refractivity contribution in [3.8, 4) is 11.5 Å². The number of phenolic OH excluding ortho intramolecular Hbond substituents is 2. The molecule has 0 saturated carbocycles. The van der Waals surface area contributed by atoms with Crippen LogP contribution in [0.1, 0.15) is 5.56 Å². The second-order valence-corrected chi connectivity index (χ2v) is 7.38. The molecular weight excluding hydrogens is 474 g/mol. The summed E-state index contributed by atoms with van der Waals surface area (Å²) in [4.78, 5) is 13.1. The number of aromatic hydroxyl groups is 2. The lowest BCUT2D eigenvalue weighted by molar-refractivity contribution is 0.448. The standard InChI is InChI=1S/C22H18BrN7O2/c23-17-11-14(18(31)12-19(17)32)13-24-30-22-28-20(25-15-7-3-1-4-8-15)27-21(29-22)26-16-9-5-2-6-10-16/h1-13,31-32H,(H3,25,26,27,28,29,30). The van der Waals surface area contributed by atoms with Gasteiger partial charge in [-0.2, -0.15) is 20.1 Å². The third-order valence-electron chi connectivity index (χ3n) is 4.16. The smallest absolute Gasteiger partial charge is 0.250 e. The van der Waals surface area contributed by atoms with Crippen LogP contribution in [0, 0.1) is 0 Å². The number of nitrogens with zero attached hydrogens (tertiary/aromatic N) is 4. The molecule has 4 rings (SSSR count). The van der Waals surface area contributed by atoms with Gasteiger partial charge in [-0.15, -0.1) is 0 Å². The van der Waals surface area contributed by atoms with E-state index >= 15 is 0 Å². The zero-order valence-corrected chi connectivity index (χ0v) is 18.2. The summed E-state index contributed by atoms with van der Waals surface area (Å²) in [6.45, 7) is 0. The predicted molar refractivity (Wildman–Crippen MR) is 128 cm³/mol. The minimum Gasteiger partial charge on any atom is -0.507 e. The van der Waals surface area contributed by atoms with Crippen molar-refractivity contribution in [3.63, 3.8) is 0 Å². The van der Waals surface area contributed by atoms with E-state index in [2.05, 4.69) is 52.0 Å². The van der Waals surface area contributed by atoms with Gasteiger partial charge in [0.2, 0.25) is 17.8 Å². The van der Waals surface area contributed by atoms with E-state index in [0.29, 0.717) is 21.9 Å². The van der Waals surface area contributed by atoms with E-state index in [-0.39, 0.29) is 17.4 Å². The Hall–Kier alpha value is -4.18. The Bertz CT molecular complexity index is 1180. The molecular formula is C22H18BrN7O2. The van der Waals surface area contributed by atoms with Crippen LogP contribution >= 0.6 is 15.9 Å². The first kappa shape index (κ1) is 21.1. The summed E-state index contributed by atoms with van der Waals surface area (Å²) in [5, 5.41) is 30.0. The van der Waals surface area contributed by atoms with Crippen LogP contribution in [0.5, 0.6) is 11.5 Å². The van der Waals surface area contributed by atoms with Gasteiger partial charge in [-0.25, -0.2) is 5.43 Å². The van der Waals surface area contributed by atoms with Gasteiger partial charge in [0.1, 0.15) is 11.5 Å². The Morgan fingerprint density at radius 2 is 1.25 bits per heavy atom. The summed E-state index contributed by atoms with van der Waals surface area (Å²) in [5.41, 5.74) is 4.77. The van der Waals surface area contributed by atoms with Gasteiger partial charge < -0.3 is 20.8 Å². The molecule has 0 aliphatic carbocycles. The largest absolute Gasteiger partial charge is 0.507 e. The first-order valence-corrected chi connectivity index (χ1v) is 10.3. The zero-order chi connectivity index (χ0) is 22.3. The Balaban J connectivity index is 1.59. The minimum atomic E-state index is -0.121. The van der Waals surface area contributed by atoms with E-state index in [1.807, 2.05) is 60.7 Å². The lowest BCUT2D eigenvalue weighted by Gasteiger charge is -2.10. The molecule has 0 unspecified atom stereocenters. The van der Waals surface area contributed by atoms with Crippen LogP contribution in [0.15, 0.2) is 82.4 Å². The number of halogens is 1. The average molecular weight is 492 g/mol. The van der Waals surface area contributed by atoms with Crippen molar-refractivity contribution >= 4 is 51.4 Å². The van der Waals surface area contributed by atoms with Crippen molar-refractivity contribution in [1.82, 2.24) is 15.0 Å². The summed E-state index contributed by atoms with van der Waals surface area (Å²) in [7, 11) is 0. The van der Waals surface area contributed by atoms with Gasteiger partial charge in [0.05, 0.1) is 10.7 Å². The molecule has 0 aliphatic heterocycles. The van der Waals surface area contributed by atoms with Crippen LogP contribution in [0.4, 0.5) is 29.2 Å². The second-order valence-electron chi connectivity index (χ2n) is 6.52. The zero-order valence-electron chi connectivity index (χ0n) is 16.6. The maximum Gasteiger partial charge on any atom is 0.250 e. The number of rotatable bonds is 7. The van der Waals surface area contributed by atoms with Gasteiger partial charge in [-0.1, -0.05) is 36.4 Å². The number of phenols is 2. The fourth-order valence-electron chi connectivity index (χ4n) is 2.67. The molecule has 5 N–H and O–H groups in total. The second kappa shape index (κ2) is 9.75. The monoisotopic (exact) mass is 491 g/mol. The molecule has 10 heteroatoms. The first-order chi connectivity index (χ1) is 15.6. The van der Waals surface area contributed by atoms with Gasteiger partial charge in [-0.05, 0) is 46.3 Å². The third-order valence-corrected chi connectivity index (χ3v) is 4.79. The highest BCUT2D eigenvalue weighted by molar-refractivity contribution is 9.10. The van der Waals surface area contributed by atoms with Crippen LogP contribution < -0.4 is 16.1 Å². The average Bonchev–Trinajstić information content (AvgIpc) is 2.78. The van der Waals surface area contributed by atoms with E-state index in [1.54, 1.807) is 0 Å². The molecule has 160 valence electrons. The fourth-order valence-corrected chi connectivity index (χ4v) is 3.03. The van der Waals surface area contributed by atoms with Crippen LogP contribution in [0.2, 0.25) is 0 Å². The van der Waals surface area contributed by atoms with E-state index in [9.17, 15) is 10.2 Å². The van der Waals surface area contributed by atoms with E-state index in [4.69, 9.17) is 0 Å². The third kappa shape index (κ3) is 5.49. The minimum absolute atomic E-state index is 0.0710. The van der Waals surface area contributed by atoms with Crippen molar-refractivity contribution in [2.45, 2.75) is 0 Å². The van der Waals surface area contributed by atoms with Crippen molar-refractivity contribution in [3.05, 3.63) is 82.8 Å². The Labute approximate surface area is 192 Å². The normalized spacial score (nSPS) is 10.8. The summed E-state index contributed by atoms with van der Waals surface area (Å²) in [6.07, 6.45) is 1.39. The molecule has 0 radical (unpaired) electrons. The van der Waals surface area contributed by atoms with Crippen molar-refractivity contribution in [2.24, 2.45) is 5.10 Å². The molecule has 0 saturated heterocycles. The fraction of sp³-hybridized carbons (Fsp3) is 0. The lowest BCUT2D eigenvalue weighted by atomic mass is 10.2. The molecule has 1 heterocycles. The Morgan fingerprint density at radius 3 is 1.81 bits per heavy atom. The van der Waals surface area contributed by atoms with Crippen molar-refractivity contribution in [2.75, 3.05) is 16.1 Å². The lowest BCUT2D eigenvalue weighted by Crippen LogP contribution is -2.07. The Morgan fingerprint density at radius 1 is 0.719 bits per heavy atom. The number of hydrazone groups is 1. The Kier molecular flexibility index (Phi) is 6.42. The topological polar surface area (TPSA) is 128 Å². The molecule has 0 fully saturated rings. The number of benzene rings is 3. The van der Waals surface area contributed by atoms with Crippen LogP contribution in [-0.2, 0) is 0 Å². The summed E-state index contributed by atoms with van der Waals surface area (Å²) >= 11 is 3.21. The summed E-state index contributed by atoms with van der Waals surface area (Å²) in [6, 6.07) is 21.8. The van der Waals surface area contributed by atoms with Crippen molar-refractivity contribution in [1.29, 1.82) is 0 Å². The molecule has 0 atom stereocenters. The molecule has 32 heavy (non-hydrogen) atoms. The van der Waals surface area contributed by atoms with Gasteiger partial charge in [0.25, 0.3) is 0 Å². The molecule has 9 nitrogen and oxygen atoms in total. The molecule has 0 aliphatic rings. The van der Waals surface area contributed by atoms with Crippen LogP contribution in [0.25, 0.3) is 0 Å². The number of para-hydroxylation sites is 2. The van der Waals surface area contributed by atoms with Crippen LogP contribution in [0.3, 0.4) is 0 Å². The molecule has 0 amide bonds. The van der Waals surface area contributed by atoms with E-state index < -0.39 is 0 Å². The van der Waals surface area contributed by atoms with Crippen molar-refractivity contribution < 1.29 is 10.2 Å². The summed E-state index contributed by atoms with van der Waals surface area (Å²) in [5.74, 6) is 0.628. The van der Waals surface area contributed by atoms with E-state index in [1.165, 1.54) is 18.3 Å². The first-order valence-electron chi connectivity index (χ1n) is 9.47. The molecule has 1 aromatic heterocycles. The SMILES string of the molecule is Oc1cc(O)c(C=NNc2nc(Nc3ccccc3)nc(Nc3ccccc3)n2)cc1Br. The van der Waals surface area contributed by atoms with Crippen LogP contribution in [-0.4, -0.2) is 31.4 Å². The molecule has 4 aromatic rings. The van der Waals surface area contributed by atoms with Gasteiger partial charge in [0.15, 0.2) is 0 Å². The highest BCUT2D eigenvalue weighted by atomic mass is 79.9. The van der Waals surface area contributed by atoms with Gasteiger partial charge >= 0.3 is 0 Å². The maximum atomic E-state index is 9.97. The molecule has 3 aromatic carbocycles. The number of hydrogen-bond donors (Lipinski definition) is 5. The van der Waals surface area contributed by atoms with E-state index in [0.717, 1.165) is 11.4 Å². The number of nitrogens with one attached hydrogen (secondary N) is 3.